The number of halogens is 1. The van der Waals surface area contributed by atoms with Crippen LogP contribution in [0.1, 0.15) is 16.8 Å². The van der Waals surface area contributed by atoms with Gasteiger partial charge in [0.15, 0.2) is 0 Å². The van der Waals surface area contributed by atoms with E-state index in [1.54, 1.807) is 19.2 Å². The van der Waals surface area contributed by atoms with Crippen molar-refractivity contribution in [2.24, 2.45) is 0 Å². The minimum atomic E-state index is -0.350. The van der Waals surface area contributed by atoms with Gasteiger partial charge in [-0.2, -0.15) is 0 Å². The smallest absolute Gasteiger partial charge is 0.261 e. The molecule has 1 aliphatic rings. The van der Waals surface area contributed by atoms with E-state index >= 15 is 0 Å². The van der Waals surface area contributed by atoms with E-state index < -0.39 is 0 Å². The van der Waals surface area contributed by atoms with Gasteiger partial charge in [-0.1, -0.05) is 15.9 Å². The van der Waals surface area contributed by atoms with Crippen molar-refractivity contribution in [2.75, 3.05) is 47.7 Å². The summed E-state index contributed by atoms with van der Waals surface area (Å²) in [7, 11) is 1.61. The number of aromatic nitrogens is 4. The molecule has 11 heteroatoms. The highest BCUT2D eigenvalue weighted by Gasteiger charge is 2.19. The topological polar surface area (TPSA) is 114 Å². The zero-order valence-electron chi connectivity index (χ0n) is 17.0. The SMILES string of the molecule is COCCn1c(NC(=O)c2cnc(N3CCC3)nc2)nc2ccc(NC(=O)CBr)cc21. The number of ether oxygens (including phenoxy) is 1. The zero-order valence-corrected chi connectivity index (χ0v) is 18.6. The summed E-state index contributed by atoms with van der Waals surface area (Å²) >= 11 is 3.14. The van der Waals surface area contributed by atoms with Gasteiger partial charge in [0.1, 0.15) is 0 Å². The number of rotatable bonds is 8. The number of hydrogen-bond acceptors (Lipinski definition) is 7. The molecule has 2 amide bonds. The molecule has 0 aliphatic carbocycles. The molecule has 0 radical (unpaired) electrons. The van der Waals surface area contributed by atoms with E-state index in [0.717, 1.165) is 25.0 Å². The second kappa shape index (κ2) is 9.40. The molecule has 0 saturated carbocycles. The molecule has 1 aliphatic heterocycles. The first-order chi connectivity index (χ1) is 15.1. The van der Waals surface area contributed by atoms with Crippen LogP contribution in [0.25, 0.3) is 11.0 Å². The molecule has 162 valence electrons. The summed E-state index contributed by atoms with van der Waals surface area (Å²) < 4.78 is 7.05. The number of alkyl halides is 1. The van der Waals surface area contributed by atoms with Crippen LogP contribution in [0.3, 0.4) is 0 Å². The number of imidazole rings is 1. The lowest BCUT2D eigenvalue weighted by Crippen LogP contribution is -2.38. The van der Waals surface area contributed by atoms with Gasteiger partial charge in [0.2, 0.25) is 17.8 Å². The Balaban J connectivity index is 1.59. The van der Waals surface area contributed by atoms with Gasteiger partial charge in [-0.15, -0.1) is 0 Å². The zero-order chi connectivity index (χ0) is 21.8. The van der Waals surface area contributed by atoms with Crippen LogP contribution in [0, 0.1) is 0 Å². The van der Waals surface area contributed by atoms with Crippen molar-refractivity contribution in [3.05, 3.63) is 36.2 Å². The van der Waals surface area contributed by atoms with Crippen LogP contribution >= 0.6 is 15.9 Å². The van der Waals surface area contributed by atoms with Gasteiger partial charge in [0, 0.05) is 44.8 Å². The monoisotopic (exact) mass is 487 g/mol. The lowest BCUT2D eigenvalue weighted by molar-refractivity contribution is -0.113. The van der Waals surface area contributed by atoms with Crippen molar-refractivity contribution in [3.63, 3.8) is 0 Å². The molecule has 0 spiro atoms. The maximum atomic E-state index is 12.8. The van der Waals surface area contributed by atoms with Crippen molar-refractivity contribution in [3.8, 4) is 0 Å². The fourth-order valence-electron chi connectivity index (χ4n) is 3.19. The molecule has 1 saturated heterocycles. The molecule has 1 aromatic carbocycles. The summed E-state index contributed by atoms with van der Waals surface area (Å²) in [5.41, 5.74) is 2.44. The highest BCUT2D eigenvalue weighted by molar-refractivity contribution is 9.09. The summed E-state index contributed by atoms with van der Waals surface area (Å²) in [5.74, 6) is 0.510. The largest absolute Gasteiger partial charge is 0.383 e. The van der Waals surface area contributed by atoms with E-state index in [1.165, 1.54) is 12.4 Å². The predicted octanol–water partition coefficient (Wildman–Crippen LogP) is 2.27. The van der Waals surface area contributed by atoms with E-state index in [9.17, 15) is 9.59 Å². The van der Waals surface area contributed by atoms with Crippen LogP contribution in [0.2, 0.25) is 0 Å². The number of nitrogens with zero attached hydrogens (tertiary/aromatic N) is 5. The number of methoxy groups -OCH3 is 1. The van der Waals surface area contributed by atoms with Crippen LogP contribution in [0.15, 0.2) is 30.6 Å². The number of benzene rings is 1. The molecule has 2 N–H and O–H groups in total. The first kappa shape index (κ1) is 21.2. The molecule has 10 nitrogen and oxygen atoms in total. The fraction of sp³-hybridized carbons (Fsp3) is 0.350. The average molecular weight is 488 g/mol. The summed E-state index contributed by atoms with van der Waals surface area (Å²) in [6.45, 7) is 2.78. The minimum Gasteiger partial charge on any atom is -0.383 e. The molecule has 0 bridgehead atoms. The quantitative estimate of drug-likeness (QED) is 0.468. The Morgan fingerprint density at radius 2 is 1.97 bits per heavy atom. The number of fused-ring (bicyclic) bond motifs is 1. The van der Waals surface area contributed by atoms with Crippen molar-refractivity contribution < 1.29 is 14.3 Å². The van der Waals surface area contributed by atoms with Crippen molar-refractivity contribution in [1.82, 2.24) is 19.5 Å². The Morgan fingerprint density at radius 1 is 1.19 bits per heavy atom. The van der Waals surface area contributed by atoms with E-state index in [0.29, 0.717) is 41.8 Å². The van der Waals surface area contributed by atoms with Gasteiger partial charge in [-0.3, -0.25) is 14.9 Å². The summed E-state index contributed by atoms with van der Waals surface area (Å²) in [5, 5.41) is 5.85. The number of anilines is 3. The number of amides is 2. The number of hydrogen-bond donors (Lipinski definition) is 2. The van der Waals surface area contributed by atoms with Gasteiger partial charge in [0.05, 0.1) is 28.5 Å². The Bertz CT molecular complexity index is 1100. The molecule has 1 fully saturated rings. The van der Waals surface area contributed by atoms with Crippen LogP contribution in [-0.4, -0.2) is 63.5 Å². The van der Waals surface area contributed by atoms with Gasteiger partial charge in [0.25, 0.3) is 5.91 Å². The molecular formula is C20H22BrN7O3. The average Bonchev–Trinajstić information content (AvgIpc) is 3.07. The Hall–Kier alpha value is -3.05. The first-order valence-corrected chi connectivity index (χ1v) is 10.9. The molecular weight excluding hydrogens is 466 g/mol. The lowest BCUT2D eigenvalue weighted by atomic mass is 10.2. The third kappa shape index (κ3) is 4.67. The third-order valence-electron chi connectivity index (χ3n) is 4.94. The highest BCUT2D eigenvalue weighted by Crippen LogP contribution is 2.24. The van der Waals surface area contributed by atoms with E-state index in [-0.39, 0.29) is 17.1 Å². The predicted molar refractivity (Wildman–Crippen MR) is 121 cm³/mol. The maximum Gasteiger partial charge on any atom is 0.261 e. The Morgan fingerprint density at radius 3 is 2.61 bits per heavy atom. The van der Waals surface area contributed by atoms with E-state index in [1.807, 2.05) is 10.6 Å². The molecule has 0 atom stereocenters. The molecule has 4 rings (SSSR count). The second-order valence-electron chi connectivity index (χ2n) is 7.03. The third-order valence-corrected chi connectivity index (χ3v) is 5.45. The van der Waals surface area contributed by atoms with Crippen LogP contribution in [0.4, 0.5) is 17.6 Å². The molecule has 2 aromatic heterocycles. The maximum absolute atomic E-state index is 12.8. The van der Waals surface area contributed by atoms with Crippen LogP contribution in [0.5, 0.6) is 0 Å². The van der Waals surface area contributed by atoms with Crippen molar-refractivity contribution >= 4 is 56.4 Å². The Kier molecular flexibility index (Phi) is 6.42. The van der Waals surface area contributed by atoms with E-state index in [2.05, 4.69) is 46.4 Å². The molecule has 3 aromatic rings. The molecule has 31 heavy (non-hydrogen) atoms. The Labute approximate surface area is 187 Å². The van der Waals surface area contributed by atoms with Gasteiger partial charge >= 0.3 is 0 Å². The molecule has 0 unspecified atom stereocenters. The summed E-state index contributed by atoms with van der Waals surface area (Å²) in [6.07, 6.45) is 4.17. The number of carbonyl (C=O) groups is 2. The summed E-state index contributed by atoms with van der Waals surface area (Å²) in [4.78, 5) is 39.7. The minimum absolute atomic E-state index is 0.155. The standard InChI is InChI=1S/C20H22BrN7O3/c1-31-8-7-28-16-9-14(24-17(29)10-21)3-4-15(16)25-20(28)26-18(30)13-11-22-19(23-12-13)27-5-2-6-27/h3-4,9,11-12H,2,5-8,10H2,1H3,(H,24,29)(H,25,26,30). The second-order valence-corrected chi connectivity index (χ2v) is 7.59. The normalized spacial score (nSPS) is 13.2. The van der Waals surface area contributed by atoms with E-state index in [4.69, 9.17) is 4.74 Å². The lowest BCUT2D eigenvalue weighted by Gasteiger charge is -2.30. The van der Waals surface area contributed by atoms with Crippen LogP contribution in [-0.2, 0) is 16.1 Å². The van der Waals surface area contributed by atoms with Gasteiger partial charge in [-0.25, -0.2) is 15.0 Å². The fourth-order valence-corrected chi connectivity index (χ4v) is 3.33. The number of carbonyl (C=O) groups excluding carboxylic acids is 2. The molecule has 3 heterocycles. The van der Waals surface area contributed by atoms with Gasteiger partial charge < -0.3 is 19.5 Å². The van der Waals surface area contributed by atoms with Gasteiger partial charge in [-0.05, 0) is 24.6 Å². The first-order valence-electron chi connectivity index (χ1n) is 9.82. The van der Waals surface area contributed by atoms with Crippen molar-refractivity contribution in [2.45, 2.75) is 13.0 Å². The highest BCUT2D eigenvalue weighted by atomic mass is 79.9. The number of nitrogens with one attached hydrogen (secondary N) is 2. The van der Waals surface area contributed by atoms with Crippen molar-refractivity contribution in [1.29, 1.82) is 0 Å². The van der Waals surface area contributed by atoms with Crippen LogP contribution < -0.4 is 15.5 Å². The summed E-state index contributed by atoms with van der Waals surface area (Å²) in [6, 6.07) is 5.38.